The topological polar surface area (TPSA) is 79.1 Å². The van der Waals surface area contributed by atoms with E-state index in [-0.39, 0.29) is 5.75 Å². The summed E-state index contributed by atoms with van der Waals surface area (Å²) >= 11 is 0. The van der Waals surface area contributed by atoms with Crippen LogP contribution in [0.2, 0.25) is 0 Å². The van der Waals surface area contributed by atoms with E-state index < -0.39 is 5.69 Å². The lowest BCUT2D eigenvalue weighted by atomic mass is 10.1. The highest BCUT2D eigenvalue weighted by molar-refractivity contribution is 5.27. The summed E-state index contributed by atoms with van der Waals surface area (Å²) in [5.74, 6) is 0.540. The molecule has 0 aliphatic rings. The molecule has 0 saturated carbocycles. The Morgan fingerprint density at radius 2 is 2.07 bits per heavy atom. The number of benzene rings is 1. The summed E-state index contributed by atoms with van der Waals surface area (Å²) in [5, 5.41) is 11.1. The standard InChI is InChI=1S/C9H8N2O3/c12-7-3-1-6(2-4-7)5-8-10-9(13)11-14-8/h1-4,12H,5H2,(H,11,13). The van der Waals surface area contributed by atoms with Crippen molar-refractivity contribution < 1.29 is 9.63 Å². The third-order valence-electron chi connectivity index (χ3n) is 1.77. The van der Waals surface area contributed by atoms with Crippen LogP contribution in [0.4, 0.5) is 0 Å². The van der Waals surface area contributed by atoms with Gasteiger partial charge in [0.25, 0.3) is 0 Å². The normalized spacial score (nSPS) is 10.3. The molecule has 5 nitrogen and oxygen atoms in total. The van der Waals surface area contributed by atoms with Crippen LogP contribution >= 0.6 is 0 Å². The van der Waals surface area contributed by atoms with Crippen molar-refractivity contribution in [1.29, 1.82) is 0 Å². The maximum absolute atomic E-state index is 10.6. The van der Waals surface area contributed by atoms with Gasteiger partial charge in [0, 0.05) is 0 Å². The predicted octanol–water partition coefficient (Wildman–Crippen LogP) is 0.659. The van der Waals surface area contributed by atoms with Crippen LogP contribution in [0.3, 0.4) is 0 Å². The van der Waals surface area contributed by atoms with E-state index in [0.29, 0.717) is 12.3 Å². The van der Waals surface area contributed by atoms with E-state index in [9.17, 15) is 4.79 Å². The van der Waals surface area contributed by atoms with Gasteiger partial charge < -0.3 is 9.63 Å². The second-order valence-corrected chi connectivity index (χ2v) is 2.86. The molecule has 0 bridgehead atoms. The third-order valence-corrected chi connectivity index (χ3v) is 1.77. The van der Waals surface area contributed by atoms with E-state index >= 15 is 0 Å². The van der Waals surface area contributed by atoms with Crippen molar-refractivity contribution in [3.8, 4) is 5.75 Å². The molecule has 0 unspecified atom stereocenters. The Balaban J connectivity index is 2.19. The predicted molar refractivity (Wildman–Crippen MR) is 48.0 cm³/mol. The van der Waals surface area contributed by atoms with Crippen LogP contribution in [-0.4, -0.2) is 15.2 Å². The Morgan fingerprint density at radius 3 is 2.64 bits per heavy atom. The number of nitrogens with one attached hydrogen (secondary N) is 1. The first-order valence-electron chi connectivity index (χ1n) is 4.06. The summed E-state index contributed by atoms with van der Waals surface area (Å²) in [4.78, 5) is 14.2. The van der Waals surface area contributed by atoms with Crippen molar-refractivity contribution in [2.24, 2.45) is 0 Å². The fourth-order valence-electron chi connectivity index (χ4n) is 1.13. The lowest BCUT2D eigenvalue weighted by Crippen LogP contribution is -2.01. The first kappa shape index (κ1) is 8.55. The van der Waals surface area contributed by atoms with Crippen molar-refractivity contribution in [1.82, 2.24) is 10.1 Å². The first-order valence-corrected chi connectivity index (χ1v) is 4.06. The molecule has 1 heterocycles. The van der Waals surface area contributed by atoms with Crippen LogP contribution in [0.5, 0.6) is 5.75 Å². The van der Waals surface area contributed by atoms with Gasteiger partial charge in [0.1, 0.15) is 5.75 Å². The van der Waals surface area contributed by atoms with Crippen LogP contribution < -0.4 is 5.69 Å². The number of nitrogens with zero attached hydrogens (tertiary/aromatic N) is 1. The van der Waals surface area contributed by atoms with Crippen molar-refractivity contribution >= 4 is 0 Å². The number of aromatic nitrogens is 2. The largest absolute Gasteiger partial charge is 0.508 e. The van der Waals surface area contributed by atoms with E-state index in [0.717, 1.165) is 5.56 Å². The molecule has 0 aliphatic heterocycles. The molecule has 0 aliphatic carbocycles. The van der Waals surface area contributed by atoms with Crippen molar-refractivity contribution in [3.63, 3.8) is 0 Å². The molecule has 0 fully saturated rings. The molecule has 0 saturated heterocycles. The number of phenols is 1. The zero-order chi connectivity index (χ0) is 9.97. The van der Waals surface area contributed by atoms with E-state index in [1.165, 1.54) is 0 Å². The molecule has 2 aromatic rings. The fraction of sp³-hybridized carbons (Fsp3) is 0.111. The second kappa shape index (κ2) is 3.37. The molecule has 1 aromatic carbocycles. The molecule has 5 heteroatoms. The van der Waals surface area contributed by atoms with Crippen molar-refractivity contribution in [2.45, 2.75) is 6.42 Å². The lowest BCUT2D eigenvalue weighted by Gasteiger charge is -1.96. The monoisotopic (exact) mass is 192 g/mol. The summed E-state index contributed by atoms with van der Waals surface area (Å²) < 4.78 is 4.79. The smallest absolute Gasteiger partial charge is 0.377 e. The van der Waals surface area contributed by atoms with Crippen LogP contribution in [-0.2, 0) is 6.42 Å². The Hall–Kier alpha value is -2.04. The molecule has 0 radical (unpaired) electrons. The molecule has 0 spiro atoms. The lowest BCUT2D eigenvalue weighted by molar-refractivity contribution is 0.380. The van der Waals surface area contributed by atoms with Gasteiger partial charge in [-0.2, -0.15) is 10.1 Å². The van der Waals surface area contributed by atoms with E-state index in [1.54, 1.807) is 24.3 Å². The highest BCUT2D eigenvalue weighted by Gasteiger charge is 2.02. The van der Waals surface area contributed by atoms with E-state index in [4.69, 9.17) is 9.63 Å². The minimum Gasteiger partial charge on any atom is -0.508 e. The highest BCUT2D eigenvalue weighted by atomic mass is 16.5. The SMILES string of the molecule is O=c1nc(Cc2ccc(O)cc2)o[nH]1. The number of aromatic amines is 1. The van der Waals surface area contributed by atoms with Crippen LogP contribution in [0, 0.1) is 0 Å². The zero-order valence-electron chi connectivity index (χ0n) is 7.23. The van der Waals surface area contributed by atoms with Gasteiger partial charge in [-0.1, -0.05) is 12.1 Å². The maximum Gasteiger partial charge on any atom is 0.377 e. The van der Waals surface area contributed by atoms with Gasteiger partial charge in [-0.05, 0) is 17.7 Å². The molecular weight excluding hydrogens is 184 g/mol. The van der Waals surface area contributed by atoms with Crippen molar-refractivity contribution in [3.05, 3.63) is 46.2 Å². The zero-order valence-corrected chi connectivity index (χ0v) is 7.23. The number of H-pyrrole nitrogens is 1. The number of rotatable bonds is 2. The Bertz CT molecular complexity index is 469. The molecule has 0 amide bonds. The second-order valence-electron chi connectivity index (χ2n) is 2.86. The minimum absolute atomic E-state index is 0.206. The van der Waals surface area contributed by atoms with Gasteiger partial charge in [-0.25, -0.2) is 4.79 Å². The minimum atomic E-state index is -0.487. The van der Waals surface area contributed by atoms with Crippen molar-refractivity contribution in [2.75, 3.05) is 0 Å². The Labute approximate surface area is 79.0 Å². The summed E-state index contributed by atoms with van der Waals surface area (Å²) in [7, 11) is 0. The average molecular weight is 192 g/mol. The number of phenolic OH excluding ortho intramolecular Hbond substituents is 1. The summed E-state index contributed by atoms with van der Waals surface area (Å²) in [6.07, 6.45) is 0.430. The number of hydrogen-bond donors (Lipinski definition) is 2. The highest BCUT2D eigenvalue weighted by Crippen LogP contribution is 2.11. The summed E-state index contributed by atoms with van der Waals surface area (Å²) in [5.41, 5.74) is 0.428. The fourth-order valence-corrected chi connectivity index (χ4v) is 1.13. The Morgan fingerprint density at radius 1 is 1.36 bits per heavy atom. The molecule has 0 atom stereocenters. The summed E-state index contributed by atoms with van der Waals surface area (Å²) in [6.45, 7) is 0. The van der Waals surface area contributed by atoms with Gasteiger partial charge in [0.15, 0.2) is 0 Å². The molecule has 14 heavy (non-hydrogen) atoms. The van der Waals surface area contributed by atoms with Crippen LogP contribution in [0.15, 0.2) is 33.6 Å². The molecule has 2 N–H and O–H groups in total. The first-order chi connectivity index (χ1) is 6.74. The molecular formula is C9H8N2O3. The summed E-state index contributed by atoms with van der Waals surface area (Å²) in [6, 6.07) is 6.62. The van der Waals surface area contributed by atoms with Gasteiger partial charge in [0.2, 0.25) is 5.89 Å². The quantitative estimate of drug-likeness (QED) is 0.732. The van der Waals surface area contributed by atoms with Gasteiger partial charge in [-0.3, -0.25) is 0 Å². The number of hydrogen-bond acceptors (Lipinski definition) is 4. The molecule has 72 valence electrons. The third kappa shape index (κ3) is 1.82. The van der Waals surface area contributed by atoms with E-state index in [2.05, 4.69) is 10.1 Å². The van der Waals surface area contributed by atoms with Gasteiger partial charge >= 0.3 is 5.69 Å². The van der Waals surface area contributed by atoms with Crippen LogP contribution in [0.25, 0.3) is 0 Å². The van der Waals surface area contributed by atoms with E-state index in [1.807, 2.05) is 0 Å². The molecule has 1 aromatic heterocycles. The van der Waals surface area contributed by atoms with Gasteiger partial charge in [-0.15, -0.1) is 0 Å². The number of aromatic hydroxyl groups is 1. The molecule has 2 rings (SSSR count). The van der Waals surface area contributed by atoms with Gasteiger partial charge in [0.05, 0.1) is 6.42 Å². The average Bonchev–Trinajstić information content (AvgIpc) is 2.56. The maximum atomic E-state index is 10.6. The van der Waals surface area contributed by atoms with Crippen LogP contribution in [0.1, 0.15) is 11.5 Å². The Kier molecular flexibility index (Phi) is 2.06.